The van der Waals surface area contributed by atoms with Crippen LogP contribution < -0.4 is 10.5 Å². The van der Waals surface area contributed by atoms with Crippen LogP contribution in [0.3, 0.4) is 0 Å². The second-order valence-electron chi connectivity index (χ2n) is 3.28. The van der Waals surface area contributed by atoms with Crippen molar-refractivity contribution < 1.29 is 13.2 Å². The first-order valence-electron chi connectivity index (χ1n) is 5.10. The van der Waals surface area contributed by atoms with E-state index in [4.69, 9.17) is 22.1 Å². The first kappa shape index (κ1) is 14.2. The van der Waals surface area contributed by atoms with E-state index in [1.165, 1.54) is 12.1 Å². The van der Waals surface area contributed by atoms with E-state index < -0.39 is 10.0 Å². The molecular formula is C10H15ClN2O3S. The molecule has 0 unspecified atom stereocenters. The van der Waals surface area contributed by atoms with Gasteiger partial charge in [-0.15, -0.1) is 0 Å². The smallest absolute Gasteiger partial charge is 0.242 e. The van der Waals surface area contributed by atoms with Gasteiger partial charge in [0, 0.05) is 18.8 Å². The van der Waals surface area contributed by atoms with Crippen molar-refractivity contribution in [2.75, 3.05) is 25.5 Å². The molecular weight excluding hydrogens is 264 g/mol. The van der Waals surface area contributed by atoms with E-state index in [1.807, 2.05) is 6.92 Å². The molecule has 0 atom stereocenters. The SMILES string of the molecule is CCOCCNS(=O)(=O)c1cc(N)ccc1Cl. The first-order valence-corrected chi connectivity index (χ1v) is 6.96. The van der Waals surface area contributed by atoms with Crippen molar-refractivity contribution in [2.24, 2.45) is 0 Å². The molecule has 5 nitrogen and oxygen atoms in total. The van der Waals surface area contributed by atoms with E-state index in [1.54, 1.807) is 6.07 Å². The maximum absolute atomic E-state index is 11.9. The molecule has 17 heavy (non-hydrogen) atoms. The van der Waals surface area contributed by atoms with Crippen LogP contribution >= 0.6 is 11.6 Å². The Morgan fingerprint density at radius 3 is 2.82 bits per heavy atom. The molecule has 3 N–H and O–H groups in total. The summed E-state index contributed by atoms with van der Waals surface area (Å²) in [4.78, 5) is -0.0179. The highest BCUT2D eigenvalue weighted by molar-refractivity contribution is 7.89. The Hall–Kier alpha value is -0.820. The number of nitrogen functional groups attached to an aromatic ring is 1. The maximum atomic E-state index is 11.9. The second kappa shape index (κ2) is 6.20. The van der Waals surface area contributed by atoms with Crippen LogP contribution in [0.1, 0.15) is 6.92 Å². The third-order valence-corrected chi connectivity index (χ3v) is 3.93. The zero-order valence-electron chi connectivity index (χ0n) is 9.44. The lowest BCUT2D eigenvalue weighted by Gasteiger charge is -2.08. The van der Waals surface area contributed by atoms with Crippen molar-refractivity contribution >= 4 is 27.3 Å². The van der Waals surface area contributed by atoms with E-state index in [2.05, 4.69) is 4.72 Å². The fraction of sp³-hybridized carbons (Fsp3) is 0.400. The largest absolute Gasteiger partial charge is 0.399 e. The molecule has 0 saturated heterocycles. The Bertz CT molecular complexity index is 476. The zero-order valence-corrected chi connectivity index (χ0v) is 11.0. The van der Waals surface area contributed by atoms with Gasteiger partial charge in [0.1, 0.15) is 4.90 Å². The topological polar surface area (TPSA) is 81.4 Å². The highest BCUT2D eigenvalue weighted by atomic mass is 35.5. The summed E-state index contributed by atoms with van der Waals surface area (Å²) in [7, 11) is -3.64. The zero-order chi connectivity index (χ0) is 12.9. The van der Waals surface area contributed by atoms with Crippen LogP contribution in [0.15, 0.2) is 23.1 Å². The summed E-state index contributed by atoms with van der Waals surface area (Å²) < 4.78 is 31.1. The number of anilines is 1. The third kappa shape index (κ3) is 4.16. The van der Waals surface area contributed by atoms with Gasteiger partial charge < -0.3 is 10.5 Å². The average molecular weight is 279 g/mol. The van der Waals surface area contributed by atoms with Crippen molar-refractivity contribution in [1.29, 1.82) is 0 Å². The molecule has 0 aromatic heterocycles. The van der Waals surface area contributed by atoms with Gasteiger partial charge in [-0.2, -0.15) is 0 Å². The van der Waals surface area contributed by atoms with Gasteiger partial charge in [0.25, 0.3) is 0 Å². The molecule has 96 valence electrons. The molecule has 0 bridgehead atoms. The summed E-state index contributed by atoms with van der Waals surface area (Å²) in [6.45, 7) is 2.89. The van der Waals surface area contributed by atoms with E-state index in [9.17, 15) is 8.42 Å². The van der Waals surface area contributed by atoms with Crippen molar-refractivity contribution in [1.82, 2.24) is 4.72 Å². The molecule has 1 rings (SSSR count). The van der Waals surface area contributed by atoms with E-state index in [-0.39, 0.29) is 16.5 Å². The van der Waals surface area contributed by atoms with Crippen LogP contribution in [-0.2, 0) is 14.8 Å². The lowest BCUT2D eigenvalue weighted by atomic mass is 10.3. The first-order chi connectivity index (χ1) is 7.97. The molecule has 0 aliphatic rings. The van der Waals surface area contributed by atoms with Gasteiger partial charge in [0.2, 0.25) is 10.0 Å². The van der Waals surface area contributed by atoms with Gasteiger partial charge in [-0.1, -0.05) is 11.6 Å². The minimum atomic E-state index is -3.64. The number of ether oxygens (including phenoxy) is 1. The highest BCUT2D eigenvalue weighted by Gasteiger charge is 2.17. The number of sulfonamides is 1. The Morgan fingerprint density at radius 1 is 1.47 bits per heavy atom. The highest BCUT2D eigenvalue weighted by Crippen LogP contribution is 2.23. The molecule has 1 aromatic carbocycles. The minimum absolute atomic E-state index is 0.0179. The second-order valence-corrected chi connectivity index (χ2v) is 5.43. The molecule has 0 aliphatic carbocycles. The lowest BCUT2D eigenvalue weighted by Crippen LogP contribution is -2.27. The number of halogens is 1. The van der Waals surface area contributed by atoms with Crippen molar-refractivity contribution in [3.63, 3.8) is 0 Å². The summed E-state index contributed by atoms with van der Waals surface area (Å²) in [5.74, 6) is 0. The predicted molar refractivity (Wildman–Crippen MR) is 67.5 cm³/mol. The lowest BCUT2D eigenvalue weighted by molar-refractivity contribution is 0.153. The Kier molecular flexibility index (Phi) is 5.20. The molecule has 0 spiro atoms. The predicted octanol–water partition coefficient (Wildman–Crippen LogP) is 1.24. The van der Waals surface area contributed by atoms with Gasteiger partial charge in [-0.05, 0) is 25.1 Å². The molecule has 0 radical (unpaired) electrons. The van der Waals surface area contributed by atoms with Crippen molar-refractivity contribution in [2.45, 2.75) is 11.8 Å². The van der Waals surface area contributed by atoms with Gasteiger partial charge in [0.15, 0.2) is 0 Å². The summed E-state index contributed by atoms with van der Waals surface area (Å²) in [5.41, 5.74) is 5.87. The fourth-order valence-electron chi connectivity index (χ4n) is 1.20. The van der Waals surface area contributed by atoms with E-state index >= 15 is 0 Å². The molecule has 0 fully saturated rings. The number of nitrogens with one attached hydrogen (secondary N) is 1. The normalized spacial score (nSPS) is 11.6. The number of nitrogens with two attached hydrogens (primary N) is 1. The van der Waals surface area contributed by atoms with Crippen molar-refractivity contribution in [3.8, 4) is 0 Å². The quantitative estimate of drug-likeness (QED) is 0.606. The Labute approximate surface area is 106 Å². The summed E-state index contributed by atoms with van der Waals surface area (Å²) in [5, 5.41) is 0.142. The molecule has 0 amide bonds. The van der Waals surface area contributed by atoms with E-state index in [0.717, 1.165) is 0 Å². The van der Waals surface area contributed by atoms with Crippen LogP contribution in [0, 0.1) is 0 Å². The Balaban J connectivity index is 2.79. The van der Waals surface area contributed by atoms with Crippen molar-refractivity contribution in [3.05, 3.63) is 23.2 Å². The number of rotatable bonds is 6. The van der Waals surface area contributed by atoms with Gasteiger partial charge in [0.05, 0.1) is 11.6 Å². The van der Waals surface area contributed by atoms with Crippen LogP contribution in [0.5, 0.6) is 0 Å². The summed E-state index contributed by atoms with van der Waals surface area (Å²) in [6.07, 6.45) is 0. The molecule has 7 heteroatoms. The standard InChI is InChI=1S/C10H15ClN2O3S/c1-2-16-6-5-13-17(14,15)10-7-8(12)3-4-9(10)11/h3-4,7,13H,2,5-6,12H2,1H3. The maximum Gasteiger partial charge on any atom is 0.242 e. The summed E-state index contributed by atoms with van der Waals surface area (Å²) >= 11 is 5.81. The van der Waals surface area contributed by atoms with Crippen LogP contribution in [0.25, 0.3) is 0 Å². The number of hydrogen-bond donors (Lipinski definition) is 2. The van der Waals surface area contributed by atoms with Gasteiger partial charge >= 0.3 is 0 Å². The Morgan fingerprint density at radius 2 is 2.18 bits per heavy atom. The minimum Gasteiger partial charge on any atom is -0.399 e. The summed E-state index contributed by atoms with van der Waals surface area (Å²) in [6, 6.07) is 4.32. The molecule has 0 saturated carbocycles. The molecule has 0 heterocycles. The fourth-order valence-corrected chi connectivity index (χ4v) is 2.74. The molecule has 0 aliphatic heterocycles. The van der Waals surface area contributed by atoms with E-state index in [0.29, 0.717) is 18.9 Å². The number of benzene rings is 1. The van der Waals surface area contributed by atoms with Gasteiger partial charge in [-0.25, -0.2) is 13.1 Å². The third-order valence-electron chi connectivity index (χ3n) is 1.99. The monoisotopic (exact) mass is 278 g/mol. The molecule has 1 aromatic rings. The van der Waals surface area contributed by atoms with Gasteiger partial charge in [-0.3, -0.25) is 0 Å². The van der Waals surface area contributed by atoms with Crippen LogP contribution in [-0.4, -0.2) is 28.2 Å². The van der Waals surface area contributed by atoms with Crippen LogP contribution in [0.2, 0.25) is 5.02 Å². The average Bonchev–Trinajstić information content (AvgIpc) is 2.28. The number of hydrogen-bond acceptors (Lipinski definition) is 4. The van der Waals surface area contributed by atoms with Crippen LogP contribution in [0.4, 0.5) is 5.69 Å².